The topological polar surface area (TPSA) is 43.6 Å². The average molecular weight is 320 g/mol. The second-order valence-corrected chi connectivity index (χ2v) is 6.53. The number of hydrogen-bond donors (Lipinski definition) is 0. The Hall–Kier alpha value is -2.53. The number of hydrogen-bond acceptors (Lipinski definition) is 4. The number of aromatic nitrogens is 4. The molecule has 4 aromatic rings. The van der Waals surface area contributed by atoms with Gasteiger partial charge < -0.3 is 0 Å². The summed E-state index contributed by atoms with van der Waals surface area (Å²) in [5.41, 5.74) is 3.35. The van der Waals surface area contributed by atoms with Gasteiger partial charge in [-0.15, -0.1) is 11.3 Å². The van der Waals surface area contributed by atoms with Crippen molar-refractivity contribution in [3.63, 3.8) is 0 Å². The molecule has 23 heavy (non-hydrogen) atoms. The minimum absolute atomic E-state index is 0.857. The highest BCUT2D eigenvalue weighted by Gasteiger charge is 2.16. The molecule has 114 valence electrons. The van der Waals surface area contributed by atoms with Gasteiger partial charge in [0.05, 0.1) is 16.8 Å². The molecule has 4 nitrogen and oxygen atoms in total. The molecular weight excluding hydrogens is 304 g/mol. The molecule has 0 unspecified atom stereocenters. The first-order chi connectivity index (χ1) is 11.3. The van der Waals surface area contributed by atoms with E-state index in [1.165, 1.54) is 20.5 Å². The van der Waals surface area contributed by atoms with Crippen molar-refractivity contribution in [3.05, 3.63) is 60.2 Å². The van der Waals surface area contributed by atoms with Gasteiger partial charge in [0.25, 0.3) is 0 Å². The zero-order chi connectivity index (χ0) is 15.8. The van der Waals surface area contributed by atoms with Crippen LogP contribution in [0.15, 0.2) is 48.9 Å². The smallest absolute Gasteiger partial charge is 0.154 e. The van der Waals surface area contributed by atoms with Crippen LogP contribution in [-0.4, -0.2) is 19.7 Å². The zero-order valence-corrected chi connectivity index (χ0v) is 13.8. The third-order valence-electron chi connectivity index (χ3n) is 3.87. The van der Waals surface area contributed by atoms with E-state index in [2.05, 4.69) is 34.1 Å². The van der Waals surface area contributed by atoms with Gasteiger partial charge in [-0.25, -0.2) is 9.67 Å². The molecule has 0 aliphatic rings. The SMILES string of the molecule is CCc1cnn(-c2cccc(C)n2)c1-c1cc2cnccc2s1. The van der Waals surface area contributed by atoms with Gasteiger partial charge in [0.15, 0.2) is 5.82 Å². The Bertz CT molecular complexity index is 951. The van der Waals surface area contributed by atoms with E-state index in [9.17, 15) is 0 Å². The highest BCUT2D eigenvalue weighted by atomic mass is 32.1. The largest absolute Gasteiger partial charge is 0.264 e. The van der Waals surface area contributed by atoms with Crippen LogP contribution in [0, 0.1) is 6.92 Å². The van der Waals surface area contributed by atoms with E-state index in [0.29, 0.717) is 0 Å². The first-order valence-corrected chi connectivity index (χ1v) is 8.43. The number of fused-ring (bicyclic) bond motifs is 1. The molecule has 0 aliphatic heterocycles. The molecule has 0 aliphatic carbocycles. The number of pyridine rings is 2. The number of rotatable bonds is 3. The normalized spacial score (nSPS) is 11.2. The second kappa shape index (κ2) is 5.59. The molecule has 0 saturated carbocycles. The summed E-state index contributed by atoms with van der Waals surface area (Å²) in [5, 5.41) is 5.76. The molecule has 0 N–H and O–H groups in total. The fraction of sp³-hybridized carbons (Fsp3) is 0.167. The highest BCUT2D eigenvalue weighted by Crippen LogP contribution is 2.36. The van der Waals surface area contributed by atoms with E-state index in [0.717, 1.165) is 23.6 Å². The fourth-order valence-corrected chi connectivity index (χ4v) is 3.82. The van der Waals surface area contributed by atoms with Crippen molar-refractivity contribution in [2.24, 2.45) is 0 Å². The van der Waals surface area contributed by atoms with Crippen molar-refractivity contribution >= 4 is 21.4 Å². The maximum Gasteiger partial charge on any atom is 0.154 e. The molecule has 0 spiro atoms. The lowest BCUT2D eigenvalue weighted by Crippen LogP contribution is -2.02. The van der Waals surface area contributed by atoms with Gasteiger partial charge >= 0.3 is 0 Å². The molecule has 4 rings (SSSR count). The van der Waals surface area contributed by atoms with Crippen molar-refractivity contribution < 1.29 is 0 Å². The minimum Gasteiger partial charge on any atom is -0.264 e. The van der Waals surface area contributed by atoms with Gasteiger partial charge in [-0.3, -0.25) is 4.98 Å². The maximum absolute atomic E-state index is 4.62. The molecule has 0 saturated heterocycles. The van der Waals surface area contributed by atoms with Crippen LogP contribution < -0.4 is 0 Å². The Morgan fingerprint density at radius 2 is 2.09 bits per heavy atom. The van der Waals surface area contributed by atoms with Gasteiger partial charge in [-0.2, -0.15) is 5.10 Å². The van der Waals surface area contributed by atoms with Gasteiger partial charge in [-0.05, 0) is 43.2 Å². The van der Waals surface area contributed by atoms with E-state index in [1.54, 1.807) is 11.3 Å². The predicted octanol–water partition coefficient (Wildman–Crippen LogP) is 4.41. The first-order valence-electron chi connectivity index (χ1n) is 7.61. The summed E-state index contributed by atoms with van der Waals surface area (Å²) >= 11 is 1.77. The van der Waals surface area contributed by atoms with E-state index >= 15 is 0 Å². The number of thiophene rings is 1. The van der Waals surface area contributed by atoms with Crippen molar-refractivity contribution in [3.8, 4) is 16.4 Å². The number of aryl methyl sites for hydroxylation is 2. The Labute approximate surface area is 138 Å². The maximum atomic E-state index is 4.62. The molecule has 4 aromatic heterocycles. The van der Waals surface area contributed by atoms with E-state index in [-0.39, 0.29) is 0 Å². The molecule has 5 heteroatoms. The van der Waals surface area contributed by atoms with Crippen molar-refractivity contribution in [1.82, 2.24) is 19.7 Å². The molecule has 4 heterocycles. The Balaban J connectivity index is 1.95. The van der Waals surface area contributed by atoms with Gasteiger partial charge in [0.2, 0.25) is 0 Å². The van der Waals surface area contributed by atoms with E-state index in [4.69, 9.17) is 0 Å². The average Bonchev–Trinajstić information content (AvgIpc) is 3.18. The van der Waals surface area contributed by atoms with Crippen molar-refractivity contribution in [2.75, 3.05) is 0 Å². The van der Waals surface area contributed by atoms with Gasteiger partial charge in [-0.1, -0.05) is 13.0 Å². The minimum atomic E-state index is 0.857. The third-order valence-corrected chi connectivity index (χ3v) is 4.99. The van der Waals surface area contributed by atoms with Crippen LogP contribution in [-0.2, 0) is 6.42 Å². The summed E-state index contributed by atoms with van der Waals surface area (Å²) in [5.74, 6) is 0.857. The standard InChI is InChI=1S/C18H16N4S/c1-3-13-11-20-22(17-6-4-5-12(2)21-17)18(13)16-9-14-10-19-8-7-15(14)23-16/h4-11H,3H2,1-2H3. The monoisotopic (exact) mass is 320 g/mol. The fourth-order valence-electron chi connectivity index (χ4n) is 2.73. The van der Waals surface area contributed by atoms with Crippen LogP contribution in [0.4, 0.5) is 0 Å². The zero-order valence-electron chi connectivity index (χ0n) is 13.0. The summed E-state index contributed by atoms with van der Waals surface area (Å²) in [6, 6.07) is 10.3. The molecule has 0 atom stereocenters. The van der Waals surface area contributed by atoms with Crippen LogP contribution >= 0.6 is 11.3 Å². The summed E-state index contributed by atoms with van der Waals surface area (Å²) in [7, 11) is 0. The van der Waals surface area contributed by atoms with E-state index in [1.807, 2.05) is 48.4 Å². The summed E-state index contributed by atoms with van der Waals surface area (Å²) in [6.45, 7) is 4.15. The van der Waals surface area contributed by atoms with Crippen molar-refractivity contribution in [2.45, 2.75) is 20.3 Å². The highest BCUT2D eigenvalue weighted by molar-refractivity contribution is 7.22. The molecule has 0 aromatic carbocycles. The second-order valence-electron chi connectivity index (χ2n) is 5.45. The predicted molar refractivity (Wildman–Crippen MR) is 94.1 cm³/mol. The summed E-state index contributed by atoms with van der Waals surface area (Å²) in [4.78, 5) is 10.0. The van der Waals surface area contributed by atoms with Crippen LogP contribution in [0.25, 0.3) is 26.5 Å². The molecule has 0 amide bonds. The quantitative estimate of drug-likeness (QED) is 0.561. The van der Waals surface area contributed by atoms with Crippen LogP contribution in [0.2, 0.25) is 0 Å². The van der Waals surface area contributed by atoms with Crippen LogP contribution in [0.1, 0.15) is 18.2 Å². The summed E-state index contributed by atoms with van der Waals surface area (Å²) < 4.78 is 3.19. The first kappa shape index (κ1) is 14.1. The molecular formula is C18H16N4S. The van der Waals surface area contributed by atoms with E-state index < -0.39 is 0 Å². The molecule has 0 radical (unpaired) electrons. The molecule has 0 fully saturated rings. The summed E-state index contributed by atoms with van der Waals surface area (Å²) in [6.07, 6.45) is 6.63. The Kier molecular flexibility index (Phi) is 3.42. The van der Waals surface area contributed by atoms with Gasteiger partial charge in [0.1, 0.15) is 0 Å². The van der Waals surface area contributed by atoms with Crippen LogP contribution in [0.5, 0.6) is 0 Å². The van der Waals surface area contributed by atoms with Crippen LogP contribution in [0.3, 0.4) is 0 Å². The third kappa shape index (κ3) is 2.43. The molecule has 0 bridgehead atoms. The Morgan fingerprint density at radius 3 is 2.87 bits per heavy atom. The lowest BCUT2D eigenvalue weighted by molar-refractivity contribution is 0.849. The van der Waals surface area contributed by atoms with Crippen molar-refractivity contribution in [1.29, 1.82) is 0 Å². The lowest BCUT2D eigenvalue weighted by atomic mass is 10.1. The lowest BCUT2D eigenvalue weighted by Gasteiger charge is -2.07. The number of nitrogens with zero attached hydrogens (tertiary/aromatic N) is 4. The van der Waals surface area contributed by atoms with Gasteiger partial charge in [0, 0.05) is 28.2 Å². The Morgan fingerprint density at radius 1 is 1.17 bits per heavy atom.